The number of aliphatic hydroxyl groups excluding tert-OH is 1. The van der Waals surface area contributed by atoms with E-state index < -0.39 is 16.1 Å². The number of aliphatic hydroxyl groups is 1. The fraction of sp³-hybridized carbons (Fsp3) is 0.294. The molecule has 5 heteroatoms. The van der Waals surface area contributed by atoms with E-state index in [-0.39, 0.29) is 12.3 Å². The molecular formula is C17H21NO3S. The van der Waals surface area contributed by atoms with Gasteiger partial charge in [-0.1, -0.05) is 60.7 Å². The Labute approximate surface area is 131 Å². The molecule has 2 aromatic rings. The highest BCUT2D eigenvalue weighted by molar-refractivity contribution is 7.89. The Morgan fingerprint density at radius 3 is 2.05 bits per heavy atom. The van der Waals surface area contributed by atoms with Crippen molar-refractivity contribution in [2.24, 2.45) is 0 Å². The van der Waals surface area contributed by atoms with Gasteiger partial charge in [-0.15, -0.1) is 0 Å². The number of benzene rings is 2. The van der Waals surface area contributed by atoms with Gasteiger partial charge in [0, 0.05) is 6.54 Å². The van der Waals surface area contributed by atoms with Gasteiger partial charge in [-0.3, -0.25) is 0 Å². The quantitative estimate of drug-likeness (QED) is 0.779. The van der Waals surface area contributed by atoms with E-state index in [1.54, 1.807) is 0 Å². The van der Waals surface area contributed by atoms with Crippen LogP contribution >= 0.6 is 0 Å². The molecule has 1 atom stereocenters. The summed E-state index contributed by atoms with van der Waals surface area (Å²) in [6.45, 7) is 0.0337. The Bertz CT molecular complexity index is 657. The molecule has 0 amide bonds. The Morgan fingerprint density at radius 1 is 0.909 bits per heavy atom. The lowest BCUT2D eigenvalue weighted by Crippen LogP contribution is -2.35. The summed E-state index contributed by atoms with van der Waals surface area (Å²) in [7, 11) is -3.38. The van der Waals surface area contributed by atoms with E-state index in [0.29, 0.717) is 12.8 Å². The molecule has 2 aromatic carbocycles. The van der Waals surface area contributed by atoms with Gasteiger partial charge in [0.25, 0.3) is 0 Å². The van der Waals surface area contributed by atoms with Crippen molar-refractivity contribution < 1.29 is 13.5 Å². The summed E-state index contributed by atoms with van der Waals surface area (Å²) in [4.78, 5) is 0. The first-order chi connectivity index (χ1) is 10.6. The summed E-state index contributed by atoms with van der Waals surface area (Å²) in [5, 5.41) is 9.92. The summed E-state index contributed by atoms with van der Waals surface area (Å²) in [5.74, 6) is 0.0229. The molecule has 2 N–H and O–H groups in total. The molecule has 0 heterocycles. The monoisotopic (exact) mass is 319 g/mol. The molecule has 0 spiro atoms. The number of rotatable bonds is 8. The molecule has 0 bridgehead atoms. The smallest absolute Gasteiger partial charge is 0.212 e. The maximum atomic E-state index is 11.9. The minimum Gasteiger partial charge on any atom is -0.391 e. The number of hydrogen-bond acceptors (Lipinski definition) is 3. The van der Waals surface area contributed by atoms with Gasteiger partial charge in [-0.05, 0) is 24.0 Å². The Balaban J connectivity index is 1.77. The van der Waals surface area contributed by atoms with Crippen LogP contribution in [-0.2, 0) is 22.9 Å². The van der Waals surface area contributed by atoms with Gasteiger partial charge in [0.2, 0.25) is 10.0 Å². The van der Waals surface area contributed by atoms with E-state index in [1.807, 2.05) is 60.7 Å². The number of nitrogens with one attached hydrogen (secondary N) is 1. The van der Waals surface area contributed by atoms with Crippen LogP contribution in [0.3, 0.4) is 0 Å². The van der Waals surface area contributed by atoms with E-state index >= 15 is 0 Å². The van der Waals surface area contributed by atoms with E-state index in [2.05, 4.69) is 4.72 Å². The second kappa shape index (κ2) is 8.08. The van der Waals surface area contributed by atoms with Gasteiger partial charge in [0.05, 0.1) is 11.9 Å². The van der Waals surface area contributed by atoms with Crippen molar-refractivity contribution in [3.63, 3.8) is 0 Å². The average Bonchev–Trinajstić information content (AvgIpc) is 2.53. The normalized spacial score (nSPS) is 13.0. The van der Waals surface area contributed by atoms with Crippen LogP contribution in [0, 0.1) is 0 Å². The van der Waals surface area contributed by atoms with Crippen molar-refractivity contribution in [3.8, 4) is 0 Å². The molecule has 0 saturated heterocycles. The van der Waals surface area contributed by atoms with Gasteiger partial charge in [0.15, 0.2) is 0 Å². The van der Waals surface area contributed by atoms with Crippen LogP contribution in [-0.4, -0.2) is 31.9 Å². The zero-order valence-electron chi connectivity index (χ0n) is 12.4. The molecule has 0 radical (unpaired) electrons. The Morgan fingerprint density at radius 2 is 1.45 bits per heavy atom. The lowest BCUT2D eigenvalue weighted by atomic mass is 10.1. The molecule has 118 valence electrons. The second-order valence-corrected chi connectivity index (χ2v) is 7.17. The third-order valence-corrected chi connectivity index (χ3v) is 4.70. The van der Waals surface area contributed by atoms with Crippen molar-refractivity contribution >= 4 is 10.0 Å². The molecular weight excluding hydrogens is 298 g/mol. The molecule has 0 aliphatic carbocycles. The first-order valence-electron chi connectivity index (χ1n) is 7.28. The van der Waals surface area contributed by atoms with Crippen molar-refractivity contribution in [2.45, 2.75) is 18.9 Å². The molecule has 0 unspecified atom stereocenters. The molecule has 22 heavy (non-hydrogen) atoms. The van der Waals surface area contributed by atoms with Gasteiger partial charge in [0.1, 0.15) is 0 Å². The molecule has 4 nitrogen and oxygen atoms in total. The average molecular weight is 319 g/mol. The highest BCUT2D eigenvalue weighted by Gasteiger charge is 2.13. The highest BCUT2D eigenvalue weighted by Crippen LogP contribution is 2.04. The van der Waals surface area contributed by atoms with Crippen LogP contribution in [0.1, 0.15) is 11.1 Å². The lowest BCUT2D eigenvalue weighted by molar-refractivity contribution is 0.179. The predicted molar refractivity (Wildman–Crippen MR) is 88.1 cm³/mol. The standard InChI is InChI=1S/C17H21NO3S/c19-17(13-16-9-5-2-6-10-16)14-18-22(20,21)12-11-15-7-3-1-4-8-15/h1-10,17-19H,11-14H2/t17-/m1/s1. The van der Waals surface area contributed by atoms with Crippen molar-refractivity contribution in [2.75, 3.05) is 12.3 Å². The van der Waals surface area contributed by atoms with E-state index in [4.69, 9.17) is 0 Å². The minimum atomic E-state index is -3.38. The van der Waals surface area contributed by atoms with Crippen LogP contribution in [0.2, 0.25) is 0 Å². The largest absolute Gasteiger partial charge is 0.391 e. The highest BCUT2D eigenvalue weighted by atomic mass is 32.2. The maximum absolute atomic E-state index is 11.9. The van der Waals surface area contributed by atoms with Gasteiger partial charge in [-0.2, -0.15) is 0 Å². The summed E-state index contributed by atoms with van der Waals surface area (Å²) in [6, 6.07) is 19.0. The molecule has 2 rings (SSSR count). The van der Waals surface area contributed by atoms with Crippen LogP contribution < -0.4 is 4.72 Å². The zero-order chi connectivity index (χ0) is 15.8. The van der Waals surface area contributed by atoms with E-state index in [1.165, 1.54) is 0 Å². The molecule has 0 aliphatic heterocycles. The molecule has 0 aromatic heterocycles. The van der Waals surface area contributed by atoms with Crippen molar-refractivity contribution in [1.29, 1.82) is 0 Å². The third-order valence-electron chi connectivity index (χ3n) is 3.36. The first kappa shape index (κ1) is 16.7. The molecule has 0 aliphatic rings. The number of aryl methyl sites for hydroxylation is 1. The van der Waals surface area contributed by atoms with Gasteiger partial charge < -0.3 is 5.11 Å². The van der Waals surface area contributed by atoms with Crippen molar-refractivity contribution in [3.05, 3.63) is 71.8 Å². The van der Waals surface area contributed by atoms with Crippen LogP contribution in [0.5, 0.6) is 0 Å². The minimum absolute atomic E-state index is 0.0229. The summed E-state index contributed by atoms with van der Waals surface area (Å²) in [5.41, 5.74) is 1.97. The van der Waals surface area contributed by atoms with Crippen LogP contribution in [0.15, 0.2) is 60.7 Å². The van der Waals surface area contributed by atoms with E-state index in [9.17, 15) is 13.5 Å². The summed E-state index contributed by atoms with van der Waals surface area (Å²) in [6.07, 6.45) is 0.168. The second-order valence-electron chi connectivity index (χ2n) is 5.25. The lowest BCUT2D eigenvalue weighted by Gasteiger charge is -2.12. The van der Waals surface area contributed by atoms with Crippen molar-refractivity contribution in [1.82, 2.24) is 4.72 Å². The topological polar surface area (TPSA) is 66.4 Å². The van der Waals surface area contributed by atoms with Gasteiger partial charge >= 0.3 is 0 Å². The predicted octanol–water partition coefficient (Wildman–Crippen LogP) is 1.75. The first-order valence-corrected chi connectivity index (χ1v) is 8.94. The van der Waals surface area contributed by atoms with E-state index in [0.717, 1.165) is 11.1 Å². The number of hydrogen-bond donors (Lipinski definition) is 2. The fourth-order valence-electron chi connectivity index (χ4n) is 2.15. The summed E-state index contributed by atoms with van der Waals surface area (Å²) >= 11 is 0. The summed E-state index contributed by atoms with van der Waals surface area (Å²) < 4.78 is 26.3. The SMILES string of the molecule is O=S(=O)(CCc1ccccc1)NC[C@H](O)Cc1ccccc1. The third kappa shape index (κ3) is 5.97. The van der Waals surface area contributed by atoms with Gasteiger partial charge in [-0.25, -0.2) is 13.1 Å². The maximum Gasteiger partial charge on any atom is 0.212 e. The zero-order valence-corrected chi connectivity index (χ0v) is 13.2. The number of sulfonamides is 1. The molecule has 0 fully saturated rings. The van der Waals surface area contributed by atoms with Crippen LogP contribution in [0.4, 0.5) is 0 Å². The van der Waals surface area contributed by atoms with Crippen LogP contribution in [0.25, 0.3) is 0 Å². The molecule has 0 saturated carbocycles. The Kier molecular flexibility index (Phi) is 6.12. The Hall–Kier alpha value is -1.69. The fourth-order valence-corrected chi connectivity index (χ4v) is 3.25.